The Hall–Kier alpha value is -1.93. The van der Waals surface area contributed by atoms with Crippen LogP contribution in [0.15, 0.2) is 40.6 Å². The molecule has 0 saturated heterocycles. The van der Waals surface area contributed by atoms with Gasteiger partial charge in [0.1, 0.15) is 10.6 Å². The van der Waals surface area contributed by atoms with Crippen molar-refractivity contribution < 1.29 is 13.3 Å². The molecule has 8 heteroatoms. The lowest BCUT2D eigenvalue weighted by Gasteiger charge is -2.14. The number of hydrogen-bond donors (Lipinski definition) is 1. The molecule has 1 atom stereocenters. The monoisotopic (exact) mass is 354 g/mol. The summed E-state index contributed by atoms with van der Waals surface area (Å²) in [6.07, 6.45) is 1.84. The molecule has 0 aliphatic heterocycles. The zero-order valence-electron chi connectivity index (χ0n) is 12.9. The summed E-state index contributed by atoms with van der Waals surface area (Å²) in [4.78, 5) is 11.6. The molecule has 0 fully saturated rings. The summed E-state index contributed by atoms with van der Waals surface area (Å²) in [7, 11) is -3.66. The summed E-state index contributed by atoms with van der Waals surface area (Å²) in [5, 5.41) is 16.3. The molecule has 0 aliphatic carbocycles. The maximum atomic E-state index is 11.7. The van der Waals surface area contributed by atoms with Gasteiger partial charge in [0.25, 0.3) is 0 Å². The lowest BCUT2D eigenvalue weighted by molar-refractivity contribution is -0.386. The number of nitrogens with zero attached hydrogens (tertiary/aromatic N) is 1. The lowest BCUT2D eigenvalue weighted by Crippen LogP contribution is -2.15. The molecule has 1 heterocycles. The minimum absolute atomic E-state index is 0.232. The summed E-state index contributed by atoms with van der Waals surface area (Å²) < 4.78 is 23.5. The fourth-order valence-electron chi connectivity index (χ4n) is 2.28. The van der Waals surface area contributed by atoms with Crippen LogP contribution >= 0.6 is 11.3 Å². The predicted molar refractivity (Wildman–Crippen MR) is 91.9 cm³/mol. The first-order valence-corrected chi connectivity index (χ1v) is 9.80. The Kier molecular flexibility index (Phi) is 5.38. The number of anilines is 1. The van der Waals surface area contributed by atoms with E-state index in [2.05, 4.69) is 5.32 Å². The number of thiophene rings is 1. The normalized spacial score (nSPS) is 12.8. The number of nitro groups is 1. The summed E-state index contributed by atoms with van der Waals surface area (Å²) in [6, 6.07) is 8.34. The lowest BCUT2D eigenvalue weighted by atomic mass is 10.1. The third kappa shape index (κ3) is 4.52. The van der Waals surface area contributed by atoms with E-state index >= 15 is 0 Å². The first-order chi connectivity index (χ1) is 10.8. The van der Waals surface area contributed by atoms with E-state index in [1.165, 1.54) is 23.1 Å². The van der Waals surface area contributed by atoms with Gasteiger partial charge < -0.3 is 5.32 Å². The number of sulfone groups is 1. The number of para-hydroxylation sites is 1. The van der Waals surface area contributed by atoms with Gasteiger partial charge in [-0.2, -0.15) is 0 Å². The molecule has 2 aromatic rings. The Balaban J connectivity index is 2.18. The van der Waals surface area contributed by atoms with Gasteiger partial charge in [-0.15, -0.1) is 11.3 Å². The van der Waals surface area contributed by atoms with Crippen LogP contribution in [0.5, 0.6) is 0 Å². The Labute approximate surface area is 139 Å². The first kappa shape index (κ1) is 17.4. The van der Waals surface area contributed by atoms with Gasteiger partial charge in [0.2, 0.25) is 0 Å². The third-order valence-corrected chi connectivity index (χ3v) is 5.38. The third-order valence-electron chi connectivity index (χ3n) is 3.35. The number of nitro benzene ring substituents is 1. The summed E-state index contributed by atoms with van der Waals surface area (Å²) in [5.74, 6) is 0.259. The van der Waals surface area contributed by atoms with Gasteiger partial charge in [-0.3, -0.25) is 10.1 Å². The Morgan fingerprint density at radius 2 is 2.04 bits per heavy atom. The van der Waals surface area contributed by atoms with Gasteiger partial charge in [0.05, 0.1) is 4.92 Å². The standard InChI is InChI=1S/C15H18N2O4S2/c1-11(9-12-5-4-8-22-12)10-16-13-6-3-7-14(23(2,20)21)15(13)17(18)19/h3-8,11,16H,9-10H2,1-2H3. The zero-order valence-corrected chi connectivity index (χ0v) is 14.5. The van der Waals surface area contributed by atoms with Crippen LogP contribution in [0.1, 0.15) is 11.8 Å². The van der Waals surface area contributed by atoms with Crippen LogP contribution in [0.25, 0.3) is 0 Å². The molecule has 2 rings (SSSR count). The Morgan fingerprint density at radius 1 is 1.30 bits per heavy atom. The SMILES string of the molecule is CC(CNc1cccc(S(C)(=O)=O)c1[N+](=O)[O-])Cc1cccs1. The zero-order chi connectivity index (χ0) is 17.0. The van der Waals surface area contributed by atoms with Gasteiger partial charge in [-0.1, -0.05) is 19.1 Å². The highest BCUT2D eigenvalue weighted by molar-refractivity contribution is 7.90. The molecule has 0 bridgehead atoms. The van der Waals surface area contributed by atoms with Crippen molar-refractivity contribution in [2.75, 3.05) is 18.1 Å². The van der Waals surface area contributed by atoms with E-state index in [-0.39, 0.29) is 16.5 Å². The number of hydrogen-bond acceptors (Lipinski definition) is 6. The van der Waals surface area contributed by atoms with Crippen LogP contribution in [-0.2, 0) is 16.3 Å². The minimum Gasteiger partial charge on any atom is -0.379 e. The average molecular weight is 354 g/mol. The van der Waals surface area contributed by atoms with Gasteiger partial charge in [0.15, 0.2) is 9.84 Å². The molecule has 0 radical (unpaired) electrons. The molecule has 1 aromatic carbocycles. The largest absolute Gasteiger partial charge is 0.379 e. The molecule has 1 N–H and O–H groups in total. The van der Waals surface area contributed by atoms with Gasteiger partial charge in [-0.25, -0.2) is 8.42 Å². The number of benzene rings is 1. The fourth-order valence-corrected chi connectivity index (χ4v) is 4.01. The summed E-state index contributed by atoms with van der Waals surface area (Å²) >= 11 is 1.67. The smallest absolute Gasteiger partial charge is 0.310 e. The molecule has 0 spiro atoms. The minimum atomic E-state index is -3.66. The van der Waals surface area contributed by atoms with Crippen LogP contribution in [0.4, 0.5) is 11.4 Å². The Bertz CT molecular complexity index is 786. The first-order valence-electron chi connectivity index (χ1n) is 7.02. The molecule has 1 unspecified atom stereocenters. The topological polar surface area (TPSA) is 89.3 Å². The van der Waals surface area contributed by atoms with Crippen molar-refractivity contribution in [2.24, 2.45) is 5.92 Å². The highest BCUT2D eigenvalue weighted by Gasteiger charge is 2.26. The van der Waals surface area contributed by atoms with Crippen LogP contribution in [0.2, 0.25) is 0 Å². The molecule has 0 aliphatic rings. The van der Waals surface area contributed by atoms with Crippen LogP contribution in [0.3, 0.4) is 0 Å². The van der Waals surface area contributed by atoms with E-state index in [1.54, 1.807) is 11.3 Å². The van der Waals surface area contributed by atoms with Gasteiger partial charge in [-0.05, 0) is 35.9 Å². The van der Waals surface area contributed by atoms with E-state index in [0.717, 1.165) is 12.7 Å². The van der Waals surface area contributed by atoms with E-state index < -0.39 is 20.4 Å². The molecule has 23 heavy (non-hydrogen) atoms. The highest BCUT2D eigenvalue weighted by Crippen LogP contribution is 2.32. The summed E-state index contributed by atoms with van der Waals surface area (Å²) in [5.41, 5.74) is -0.158. The summed E-state index contributed by atoms with van der Waals surface area (Å²) in [6.45, 7) is 2.56. The molecular weight excluding hydrogens is 336 g/mol. The van der Waals surface area contributed by atoms with Crippen molar-refractivity contribution in [1.82, 2.24) is 0 Å². The van der Waals surface area contributed by atoms with Crippen molar-refractivity contribution in [1.29, 1.82) is 0 Å². The van der Waals surface area contributed by atoms with E-state index in [4.69, 9.17) is 0 Å². The van der Waals surface area contributed by atoms with Crippen molar-refractivity contribution >= 4 is 32.5 Å². The Morgan fingerprint density at radius 3 is 2.61 bits per heavy atom. The quantitative estimate of drug-likeness (QED) is 0.608. The van der Waals surface area contributed by atoms with Crippen LogP contribution in [0, 0.1) is 16.0 Å². The van der Waals surface area contributed by atoms with Crippen molar-refractivity contribution in [3.8, 4) is 0 Å². The van der Waals surface area contributed by atoms with E-state index in [9.17, 15) is 18.5 Å². The highest BCUT2D eigenvalue weighted by atomic mass is 32.2. The maximum absolute atomic E-state index is 11.7. The molecule has 0 amide bonds. The molecule has 1 aromatic heterocycles. The number of rotatable bonds is 7. The number of nitrogens with one attached hydrogen (secondary N) is 1. The van der Waals surface area contributed by atoms with Gasteiger partial charge in [0, 0.05) is 17.7 Å². The predicted octanol–water partition coefficient (Wildman–Crippen LogP) is 3.35. The average Bonchev–Trinajstić information content (AvgIpc) is 2.96. The molecule has 6 nitrogen and oxygen atoms in total. The second kappa shape index (κ2) is 7.10. The van der Waals surface area contributed by atoms with Crippen molar-refractivity contribution in [3.63, 3.8) is 0 Å². The van der Waals surface area contributed by atoms with Gasteiger partial charge >= 0.3 is 5.69 Å². The van der Waals surface area contributed by atoms with E-state index in [0.29, 0.717) is 6.54 Å². The van der Waals surface area contributed by atoms with Crippen molar-refractivity contribution in [3.05, 3.63) is 50.7 Å². The fraction of sp³-hybridized carbons (Fsp3) is 0.333. The molecule has 0 saturated carbocycles. The van der Waals surface area contributed by atoms with Crippen LogP contribution < -0.4 is 5.32 Å². The second-order valence-electron chi connectivity index (χ2n) is 5.45. The maximum Gasteiger partial charge on any atom is 0.310 e. The molecule has 124 valence electrons. The van der Waals surface area contributed by atoms with Crippen molar-refractivity contribution in [2.45, 2.75) is 18.2 Å². The van der Waals surface area contributed by atoms with E-state index in [1.807, 2.05) is 24.4 Å². The molecular formula is C15H18N2O4S2. The van der Waals surface area contributed by atoms with Crippen LogP contribution in [-0.4, -0.2) is 26.1 Å². The second-order valence-corrected chi connectivity index (χ2v) is 8.47.